The van der Waals surface area contributed by atoms with Crippen molar-refractivity contribution in [2.24, 2.45) is 5.92 Å². The predicted molar refractivity (Wildman–Crippen MR) is 124 cm³/mol. The van der Waals surface area contributed by atoms with E-state index >= 15 is 0 Å². The molecule has 8 nitrogen and oxygen atoms in total. The van der Waals surface area contributed by atoms with E-state index in [4.69, 9.17) is 14.3 Å². The molecule has 34 heavy (non-hydrogen) atoms. The Bertz CT molecular complexity index is 1170. The first kappa shape index (κ1) is 23.1. The average molecular weight is 463 g/mol. The molecule has 0 saturated heterocycles. The largest absolute Gasteiger partial charge is 0.481 e. The van der Waals surface area contributed by atoms with Crippen molar-refractivity contribution in [2.75, 3.05) is 20.2 Å². The molecule has 1 aromatic heterocycles. The highest BCUT2D eigenvalue weighted by Crippen LogP contribution is 2.44. The molecule has 8 heteroatoms. The predicted octanol–water partition coefficient (Wildman–Crippen LogP) is 4.11. The van der Waals surface area contributed by atoms with Crippen LogP contribution in [0.25, 0.3) is 11.1 Å². The highest BCUT2D eigenvalue weighted by Gasteiger charge is 2.29. The Hall–Kier alpha value is -4.07. The van der Waals surface area contributed by atoms with Gasteiger partial charge in [-0.25, -0.2) is 4.79 Å². The van der Waals surface area contributed by atoms with Gasteiger partial charge >= 0.3 is 12.1 Å². The molecular formula is C26H26N2O6. The van der Waals surface area contributed by atoms with Crippen LogP contribution in [-0.2, 0) is 16.1 Å². The number of alkyl carbamates (subject to hydrolysis) is 1. The fraction of sp³-hybridized carbons (Fsp3) is 0.269. The van der Waals surface area contributed by atoms with E-state index in [1.807, 2.05) is 24.3 Å². The first-order valence-electron chi connectivity index (χ1n) is 11.0. The lowest BCUT2D eigenvalue weighted by molar-refractivity contribution is -0.141. The van der Waals surface area contributed by atoms with Gasteiger partial charge in [0.1, 0.15) is 12.4 Å². The molecule has 0 aliphatic heterocycles. The lowest BCUT2D eigenvalue weighted by Crippen LogP contribution is -2.33. The number of benzene rings is 2. The number of carboxylic acids is 1. The number of aliphatic carboxylic acids is 1. The monoisotopic (exact) mass is 462 g/mol. The summed E-state index contributed by atoms with van der Waals surface area (Å²) in [6.07, 6.45) is -0.585. The van der Waals surface area contributed by atoms with Crippen LogP contribution in [0, 0.1) is 5.92 Å². The molecule has 1 atom stereocenters. The number of nitrogens with zero attached hydrogens (tertiary/aromatic N) is 1. The van der Waals surface area contributed by atoms with E-state index < -0.39 is 23.9 Å². The molecular weight excluding hydrogens is 436 g/mol. The molecule has 1 heterocycles. The van der Waals surface area contributed by atoms with Crippen LogP contribution < -0.4 is 5.32 Å². The van der Waals surface area contributed by atoms with Crippen LogP contribution in [0.2, 0.25) is 0 Å². The summed E-state index contributed by atoms with van der Waals surface area (Å²) in [6, 6.07) is 19.3. The third-order valence-electron chi connectivity index (χ3n) is 5.94. The van der Waals surface area contributed by atoms with E-state index in [9.17, 15) is 14.4 Å². The number of amides is 2. The Balaban J connectivity index is 1.31. The van der Waals surface area contributed by atoms with E-state index in [0.29, 0.717) is 5.76 Å². The molecule has 0 saturated carbocycles. The van der Waals surface area contributed by atoms with Crippen LogP contribution in [0.1, 0.15) is 40.3 Å². The van der Waals surface area contributed by atoms with Gasteiger partial charge in [0.05, 0.1) is 12.5 Å². The number of furan rings is 1. The fourth-order valence-corrected chi connectivity index (χ4v) is 4.16. The third kappa shape index (κ3) is 4.80. The Morgan fingerprint density at radius 1 is 1.03 bits per heavy atom. The molecule has 1 aliphatic rings. The minimum atomic E-state index is -0.980. The smallest absolute Gasteiger partial charge is 0.407 e. The summed E-state index contributed by atoms with van der Waals surface area (Å²) in [5.41, 5.74) is 4.57. The minimum Gasteiger partial charge on any atom is -0.481 e. The Morgan fingerprint density at radius 2 is 1.65 bits per heavy atom. The standard InChI is InChI=1S/C26H26N2O6/c1-16(25(30)31)14-28(2)24(29)23-12-11-17(34-23)13-27-26(32)33-15-22-20-9-5-3-7-18(20)19-8-4-6-10-21(19)22/h3-12,16,22H,13-15H2,1-2H3,(H,27,32)(H,30,31). The summed E-state index contributed by atoms with van der Waals surface area (Å²) in [5.74, 6) is -1.68. The summed E-state index contributed by atoms with van der Waals surface area (Å²) in [4.78, 5) is 37.0. The van der Waals surface area contributed by atoms with Crippen LogP contribution in [0.4, 0.5) is 4.79 Å². The maximum absolute atomic E-state index is 12.4. The maximum Gasteiger partial charge on any atom is 0.407 e. The van der Waals surface area contributed by atoms with Gasteiger partial charge in [0.15, 0.2) is 5.76 Å². The SMILES string of the molecule is CC(CN(C)C(=O)c1ccc(CNC(=O)OCC2c3ccccc3-c3ccccc32)o1)C(=O)O. The summed E-state index contributed by atoms with van der Waals surface area (Å²) in [6.45, 7) is 1.84. The van der Waals surface area contributed by atoms with Crippen LogP contribution in [0.15, 0.2) is 65.1 Å². The van der Waals surface area contributed by atoms with Crippen molar-refractivity contribution < 1.29 is 28.6 Å². The van der Waals surface area contributed by atoms with E-state index in [2.05, 4.69) is 29.6 Å². The first-order chi connectivity index (χ1) is 16.3. The molecule has 4 rings (SSSR count). The van der Waals surface area contributed by atoms with Gasteiger partial charge in [0, 0.05) is 19.5 Å². The minimum absolute atomic E-state index is 0.0327. The number of carboxylic acid groups (broad SMARTS) is 1. The summed E-state index contributed by atoms with van der Waals surface area (Å²) < 4.78 is 11.0. The highest BCUT2D eigenvalue weighted by atomic mass is 16.5. The lowest BCUT2D eigenvalue weighted by atomic mass is 9.98. The van der Waals surface area contributed by atoms with Crippen molar-refractivity contribution >= 4 is 18.0 Å². The number of ether oxygens (including phenoxy) is 1. The van der Waals surface area contributed by atoms with Gasteiger partial charge in [-0.3, -0.25) is 9.59 Å². The second-order valence-corrected chi connectivity index (χ2v) is 8.37. The molecule has 3 aromatic rings. The number of nitrogens with one attached hydrogen (secondary N) is 1. The number of carbonyl (C=O) groups is 3. The average Bonchev–Trinajstić information content (AvgIpc) is 3.44. The highest BCUT2D eigenvalue weighted by molar-refractivity contribution is 5.91. The van der Waals surface area contributed by atoms with Gasteiger partial charge in [-0.2, -0.15) is 0 Å². The van der Waals surface area contributed by atoms with E-state index in [-0.39, 0.29) is 31.4 Å². The van der Waals surface area contributed by atoms with E-state index in [0.717, 1.165) is 22.3 Å². The quantitative estimate of drug-likeness (QED) is 0.521. The molecule has 0 bridgehead atoms. The van der Waals surface area contributed by atoms with Crippen LogP contribution >= 0.6 is 0 Å². The van der Waals surface area contributed by atoms with Crippen LogP contribution in [0.3, 0.4) is 0 Å². The van der Waals surface area contributed by atoms with E-state index in [1.165, 1.54) is 24.9 Å². The zero-order valence-electron chi connectivity index (χ0n) is 19.0. The zero-order chi connectivity index (χ0) is 24.2. The number of fused-ring (bicyclic) bond motifs is 3. The fourth-order valence-electron chi connectivity index (χ4n) is 4.16. The lowest BCUT2D eigenvalue weighted by Gasteiger charge is -2.18. The van der Waals surface area contributed by atoms with Crippen molar-refractivity contribution in [3.63, 3.8) is 0 Å². The Morgan fingerprint density at radius 3 is 2.26 bits per heavy atom. The molecule has 0 radical (unpaired) electrons. The zero-order valence-corrected chi connectivity index (χ0v) is 19.0. The molecule has 2 N–H and O–H groups in total. The summed E-state index contributed by atoms with van der Waals surface area (Å²) in [7, 11) is 1.51. The van der Waals surface area contributed by atoms with Gasteiger partial charge in [-0.1, -0.05) is 55.5 Å². The van der Waals surface area contributed by atoms with Crippen molar-refractivity contribution in [1.29, 1.82) is 0 Å². The molecule has 1 aliphatic carbocycles. The molecule has 2 aromatic carbocycles. The van der Waals surface area contributed by atoms with Crippen molar-refractivity contribution in [2.45, 2.75) is 19.4 Å². The van der Waals surface area contributed by atoms with Crippen molar-refractivity contribution in [1.82, 2.24) is 10.2 Å². The first-order valence-corrected chi connectivity index (χ1v) is 11.0. The Kier molecular flexibility index (Phi) is 6.67. The number of rotatable bonds is 8. The van der Waals surface area contributed by atoms with Gasteiger partial charge in [0.25, 0.3) is 5.91 Å². The van der Waals surface area contributed by atoms with E-state index in [1.54, 1.807) is 6.07 Å². The van der Waals surface area contributed by atoms with Crippen LogP contribution in [-0.4, -0.2) is 48.2 Å². The van der Waals surface area contributed by atoms with Crippen molar-refractivity contribution in [3.8, 4) is 11.1 Å². The normalized spacial score (nSPS) is 13.0. The topological polar surface area (TPSA) is 109 Å². The maximum atomic E-state index is 12.4. The summed E-state index contributed by atoms with van der Waals surface area (Å²) in [5, 5.41) is 11.6. The van der Waals surface area contributed by atoms with Gasteiger partial charge in [-0.05, 0) is 34.4 Å². The third-order valence-corrected chi connectivity index (χ3v) is 5.94. The molecule has 0 spiro atoms. The molecule has 2 amide bonds. The van der Waals surface area contributed by atoms with Gasteiger partial charge in [-0.15, -0.1) is 0 Å². The van der Waals surface area contributed by atoms with Gasteiger partial charge in [0.2, 0.25) is 0 Å². The van der Waals surface area contributed by atoms with Crippen molar-refractivity contribution in [3.05, 3.63) is 83.3 Å². The molecule has 0 fully saturated rings. The molecule has 1 unspecified atom stereocenters. The Labute approximate surface area is 197 Å². The second kappa shape index (κ2) is 9.82. The number of carbonyl (C=O) groups excluding carboxylic acids is 2. The molecule has 176 valence electrons. The van der Waals surface area contributed by atoms with Gasteiger partial charge < -0.3 is 24.5 Å². The van der Waals surface area contributed by atoms with Crippen LogP contribution in [0.5, 0.6) is 0 Å². The second-order valence-electron chi connectivity index (χ2n) is 8.37. The summed E-state index contributed by atoms with van der Waals surface area (Å²) >= 11 is 0. The number of hydrogen-bond acceptors (Lipinski definition) is 5. The number of hydrogen-bond donors (Lipinski definition) is 2.